The second kappa shape index (κ2) is 4.67. The molecule has 0 aliphatic carbocycles. The highest BCUT2D eigenvalue weighted by Crippen LogP contribution is 2.22. The predicted molar refractivity (Wildman–Crippen MR) is 68.3 cm³/mol. The van der Waals surface area contributed by atoms with Crippen molar-refractivity contribution in [1.29, 1.82) is 5.41 Å². The summed E-state index contributed by atoms with van der Waals surface area (Å²) in [6.07, 6.45) is 1.98. The van der Waals surface area contributed by atoms with Gasteiger partial charge in [-0.2, -0.15) is 9.97 Å². The Morgan fingerprint density at radius 1 is 1.50 bits per heavy atom. The van der Waals surface area contributed by atoms with Crippen LogP contribution in [-0.2, 0) is 0 Å². The number of nitrogens with zero attached hydrogens (tertiary/aromatic N) is 3. The van der Waals surface area contributed by atoms with E-state index in [4.69, 9.17) is 15.9 Å². The van der Waals surface area contributed by atoms with Crippen molar-refractivity contribution in [2.75, 3.05) is 12.8 Å². The fourth-order valence-corrected chi connectivity index (χ4v) is 2.08. The molecule has 0 bridgehead atoms. The molecule has 7 nitrogen and oxygen atoms in total. The van der Waals surface area contributed by atoms with E-state index in [0.717, 1.165) is 12.8 Å². The Kier molecular flexibility index (Phi) is 3.22. The van der Waals surface area contributed by atoms with Crippen LogP contribution in [0.5, 0.6) is 6.01 Å². The van der Waals surface area contributed by atoms with Gasteiger partial charge in [0.25, 0.3) is 6.01 Å². The Morgan fingerprint density at radius 3 is 2.83 bits per heavy atom. The number of methoxy groups -OCH3 is 1. The van der Waals surface area contributed by atoms with Crippen molar-refractivity contribution < 1.29 is 4.74 Å². The molecule has 1 atom stereocenters. The third-order valence-electron chi connectivity index (χ3n) is 2.94. The van der Waals surface area contributed by atoms with Crippen molar-refractivity contribution in [3.63, 3.8) is 0 Å². The van der Waals surface area contributed by atoms with Crippen molar-refractivity contribution in [1.82, 2.24) is 19.5 Å². The smallest absolute Gasteiger partial charge is 0.295 e. The van der Waals surface area contributed by atoms with Gasteiger partial charge in [-0.25, -0.2) is 0 Å². The maximum Gasteiger partial charge on any atom is 0.295 e. The van der Waals surface area contributed by atoms with E-state index in [1.54, 1.807) is 4.57 Å². The molecule has 0 aliphatic rings. The van der Waals surface area contributed by atoms with E-state index in [1.807, 2.05) is 6.92 Å². The summed E-state index contributed by atoms with van der Waals surface area (Å²) < 4.78 is 6.84. The number of hydrogen-bond acceptors (Lipinski definition) is 5. The average Bonchev–Trinajstić information content (AvgIpc) is 2.73. The van der Waals surface area contributed by atoms with Gasteiger partial charge < -0.3 is 15.5 Å². The molecule has 0 amide bonds. The summed E-state index contributed by atoms with van der Waals surface area (Å²) in [7, 11) is 1.53. The van der Waals surface area contributed by atoms with Crippen molar-refractivity contribution in [3.8, 4) is 6.01 Å². The molecule has 98 valence electrons. The molecule has 0 saturated carbocycles. The molecule has 0 unspecified atom stereocenters. The third-order valence-corrected chi connectivity index (χ3v) is 2.94. The standard InChI is InChI=1S/C11H18N6O/c1-4-5-6(2)17-9-7(8(12)15-10(17)13)14-11(16-9)18-3/h6H,4-5H2,1-3H3,(H,14,16)(H3,12,13,15)/t6-/m0/s1. The third kappa shape index (κ3) is 1.92. The summed E-state index contributed by atoms with van der Waals surface area (Å²) in [4.78, 5) is 11.3. The lowest BCUT2D eigenvalue weighted by molar-refractivity contribution is 0.385. The van der Waals surface area contributed by atoms with Crippen LogP contribution in [0.1, 0.15) is 32.7 Å². The van der Waals surface area contributed by atoms with Crippen LogP contribution >= 0.6 is 0 Å². The number of nitrogens with one attached hydrogen (secondary N) is 2. The predicted octanol–water partition coefficient (Wildman–Crippen LogP) is 1.19. The minimum absolute atomic E-state index is 0.120. The van der Waals surface area contributed by atoms with Gasteiger partial charge in [0.2, 0.25) is 5.62 Å². The van der Waals surface area contributed by atoms with Crippen molar-refractivity contribution >= 4 is 17.0 Å². The number of aromatic amines is 1. The number of ether oxygens (including phenoxy) is 1. The number of rotatable bonds is 4. The molecular weight excluding hydrogens is 232 g/mol. The monoisotopic (exact) mass is 250 g/mol. The fraction of sp³-hybridized carbons (Fsp3) is 0.545. The molecule has 0 aromatic carbocycles. The number of nitrogens with two attached hydrogens (primary N) is 1. The second-order valence-corrected chi connectivity index (χ2v) is 4.27. The van der Waals surface area contributed by atoms with Gasteiger partial charge in [0.1, 0.15) is 5.52 Å². The Hall–Kier alpha value is -2.05. The number of imidazole rings is 1. The van der Waals surface area contributed by atoms with Gasteiger partial charge in [0, 0.05) is 6.04 Å². The molecule has 2 aromatic heterocycles. The molecule has 0 radical (unpaired) electrons. The second-order valence-electron chi connectivity index (χ2n) is 4.27. The normalized spacial score (nSPS) is 12.8. The van der Waals surface area contributed by atoms with Crippen LogP contribution in [-0.4, -0.2) is 26.6 Å². The maximum absolute atomic E-state index is 7.95. The van der Waals surface area contributed by atoms with E-state index >= 15 is 0 Å². The maximum atomic E-state index is 7.95. The lowest BCUT2D eigenvalue weighted by Crippen LogP contribution is -2.27. The minimum Gasteiger partial charge on any atom is -0.468 e. The van der Waals surface area contributed by atoms with Crippen LogP contribution in [0.4, 0.5) is 5.82 Å². The van der Waals surface area contributed by atoms with Gasteiger partial charge >= 0.3 is 0 Å². The number of nitrogen functional groups attached to an aromatic ring is 1. The van der Waals surface area contributed by atoms with Crippen LogP contribution in [0.2, 0.25) is 0 Å². The summed E-state index contributed by atoms with van der Waals surface area (Å²) in [5, 5.41) is 7.95. The lowest BCUT2D eigenvalue weighted by Gasteiger charge is -2.15. The van der Waals surface area contributed by atoms with Crippen LogP contribution in [0.15, 0.2) is 0 Å². The first-order valence-electron chi connectivity index (χ1n) is 5.94. The van der Waals surface area contributed by atoms with Gasteiger partial charge in [-0.15, -0.1) is 0 Å². The quantitative estimate of drug-likeness (QED) is 0.757. The number of hydrogen-bond donors (Lipinski definition) is 3. The molecule has 0 saturated heterocycles. The van der Waals surface area contributed by atoms with Gasteiger partial charge in [-0.3, -0.25) is 9.98 Å². The topological polar surface area (TPSA) is 106 Å². The molecule has 7 heteroatoms. The van der Waals surface area contributed by atoms with E-state index in [2.05, 4.69) is 21.9 Å². The van der Waals surface area contributed by atoms with Gasteiger partial charge in [-0.1, -0.05) is 13.3 Å². The average molecular weight is 250 g/mol. The summed E-state index contributed by atoms with van der Waals surface area (Å²) in [5.41, 5.74) is 7.15. The highest BCUT2D eigenvalue weighted by Gasteiger charge is 2.16. The number of aromatic nitrogens is 4. The first kappa shape index (κ1) is 12.4. The number of fused-ring (bicyclic) bond motifs is 1. The highest BCUT2D eigenvalue weighted by atomic mass is 16.5. The van der Waals surface area contributed by atoms with Crippen LogP contribution in [0, 0.1) is 5.41 Å². The molecule has 18 heavy (non-hydrogen) atoms. The van der Waals surface area contributed by atoms with Gasteiger partial charge in [0.05, 0.1) is 7.11 Å². The SMILES string of the molecule is CCC[C@H](C)n1c(=N)nc(N)c2[nH]c(OC)nc21. The zero-order valence-electron chi connectivity index (χ0n) is 10.8. The van der Waals surface area contributed by atoms with E-state index in [9.17, 15) is 0 Å². The van der Waals surface area contributed by atoms with Gasteiger partial charge in [-0.05, 0) is 13.3 Å². The zero-order chi connectivity index (χ0) is 13.3. The van der Waals surface area contributed by atoms with Crippen molar-refractivity contribution in [3.05, 3.63) is 5.62 Å². The van der Waals surface area contributed by atoms with E-state index in [-0.39, 0.29) is 17.5 Å². The first-order valence-corrected chi connectivity index (χ1v) is 5.94. The minimum atomic E-state index is 0.120. The van der Waals surface area contributed by atoms with Gasteiger partial charge in [0.15, 0.2) is 11.5 Å². The molecule has 0 spiro atoms. The van der Waals surface area contributed by atoms with E-state index in [0.29, 0.717) is 17.2 Å². The Balaban J connectivity index is 2.70. The largest absolute Gasteiger partial charge is 0.468 e. The van der Waals surface area contributed by atoms with Crippen molar-refractivity contribution in [2.24, 2.45) is 0 Å². The molecule has 2 aromatic rings. The first-order chi connectivity index (χ1) is 8.58. The van der Waals surface area contributed by atoms with Crippen LogP contribution < -0.4 is 16.1 Å². The molecule has 2 heterocycles. The lowest BCUT2D eigenvalue weighted by atomic mass is 10.2. The van der Waals surface area contributed by atoms with E-state index < -0.39 is 0 Å². The van der Waals surface area contributed by atoms with E-state index in [1.165, 1.54) is 7.11 Å². The number of H-pyrrole nitrogens is 1. The van der Waals surface area contributed by atoms with Crippen LogP contribution in [0.3, 0.4) is 0 Å². The zero-order valence-corrected chi connectivity index (χ0v) is 10.8. The Morgan fingerprint density at radius 2 is 2.22 bits per heavy atom. The molecule has 0 aliphatic heterocycles. The molecule has 4 N–H and O–H groups in total. The summed E-state index contributed by atoms with van der Waals surface area (Å²) >= 11 is 0. The summed E-state index contributed by atoms with van der Waals surface area (Å²) in [6.45, 7) is 4.15. The van der Waals surface area contributed by atoms with Crippen LogP contribution in [0.25, 0.3) is 11.2 Å². The Bertz CT molecular complexity index is 614. The Labute approximate surface area is 105 Å². The summed E-state index contributed by atoms with van der Waals surface area (Å²) in [5.74, 6) is 0.269. The fourth-order valence-electron chi connectivity index (χ4n) is 2.08. The number of anilines is 1. The molecular formula is C11H18N6O. The molecule has 0 fully saturated rings. The summed E-state index contributed by atoms with van der Waals surface area (Å²) in [6, 6.07) is 0.521. The highest BCUT2D eigenvalue weighted by molar-refractivity contribution is 5.82. The molecule has 2 rings (SSSR count). The van der Waals surface area contributed by atoms with Crippen molar-refractivity contribution in [2.45, 2.75) is 32.7 Å².